The summed E-state index contributed by atoms with van der Waals surface area (Å²) in [6.45, 7) is 0.397. The van der Waals surface area contributed by atoms with Crippen LogP contribution < -0.4 is 4.90 Å². The lowest BCUT2D eigenvalue weighted by atomic mass is 10.1. The zero-order chi connectivity index (χ0) is 25.0. The van der Waals surface area contributed by atoms with Gasteiger partial charge in [0.1, 0.15) is 12.4 Å². The first-order chi connectivity index (χ1) is 15.8. The van der Waals surface area contributed by atoms with Gasteiger partial charge in [-0.25, -0.2) is 22.2 Å². The van der Waals surface area contributed by atoms with Crippen molar-refractivity contribution < 1.29 is 35.2 Å². The highest BCUT2D eigenvalue weighted by atomic mass is 32.2. The minimum absolute atomic E-state index is 0.0234. The maximum absolute atomic E-state index is 13.1. The van der Waals surface area contributed by atoms with Crippen molar-refractivity contribution in [2.24, 2.45) is 7.05 Å². The third-order valence-electron chi connectivity index (χ3n) is 5.25. The summed E-state index contributed by atoms with van der Waals surface area (Å²) >= 11 is 0. The van der Waals surface area contributed by atoms with Crippen molar-refractivity contribution >= 4 is 21.6 Å². The minimum Gasteiger partial charge on any atom is -0.316 e. The first-order valence-electron chi connectivity index (χ1n) is 9.82. The molecule has 0 unspecified atom stereocenters. The highest BCUT2D eigenvalue weighted by Crippen LogP contribution is 2.37. The third-order valence-corrected chi connectivity index (χ3v) is 7.06. The molecule has 4 heterocycles. The fourth-order valence-electron chi connectivity index (χ4n) is 3.61. The molecule has 0 saturated carbocycles. The Labute approximate surface area is 189 Å². The van der Waals surface area contributed by atoms with Crippen LogP contribution in [-0.2, 0) is 36.2 Å². The standard InChI is InChI=1S/C19H17F5N6O3S/c1-3-34(32,33)18-16(27-15(28(18)2)10-5-26-29(7-10)9-14(20)21)30-8-13-12(17(30)31)4-11(6-25-13)19(22,23)24/h4-7,14H,3,8-9H2,1-2H3. The van der Waals surface area contributed by atoms with Crippen molar-refractivity contribution in [2.45, 2.75) is 37.6 Å². The summed E-state index contributed by atoms with van der Waals surface area (Å²) in [5.41, 5.74) is -1.18. The number of anilines is 1. The molecule has 0 atom stereocenters. The molecule has 0 fully saturated rings. The van der Waals surface area contributed by atoms with Gasteiger partial charge in [0.05, 0.1) is 40.9 Å². The molecule has 9 nitrogen and oxygen atoms in total. The van der Waals surface area contributed by atoms with Crippen molar-refractivity contribution in [1.82, 2.24) is 24.3 Å². The summed E-state index contributed by atoms with van der Waals surface area (Å²) in [4.78, 5) is 21.9. The Kier molecular flexibility index (Phi) is 5.70. The average molecular weight is 504 g/mol. The van der Waals surface area contributed by atoms with Crippen LogP contribution in [0.25, 0.3) is 11.4 Å². The van der Waals surface area contributed by atoms with Crippen LogP contribution in [0.5, 0.6) is 0 Å². The number of hydrogen-bond acceptors (Lipinski definition) is 6. The minimum atomic E-state index is -4.72. The number of amides is 1. The number of carbonyl (C=O) groups excluding carboxylic acids is 1. The van der Waals surface area contributed by atoms with Gasteiger partial charge in [0.2, 0.25) is 0 Å². The Balaban J connectivity index is 1.82. The molecular weight excluding hydrogens is 487 g/mol. The van der Waals surface area contributed by atoms with E-state index in [1.165, 1.54) is 30.9 Å². The molecule has 15 heteroatoms. The van der Waals surface area contributed by atoms with E-state index in [2.05, 4.69) is 15.1 Å². The van der Waals surface area contributed by atoms with Crippen molar-refractivity contribution in [2.75, 3.05) is 10.7 Å². The number of pyridine rings is 1. The first-order valence-corrected chi connectivity index (χ1v) is 11.5. The van der Waals surface area contributed by atoms with Gasteiger partial charge in [0.15, 0.2) is 20.7 Å². The van der Waals surface area contributed by atoms with Gasteiger partial charge in [-0.05, 0) is 6.07 Å². The Morgan fingerprint density at radius 2 is 1.91 bits per heavy atom. The van der Waals surface area contributed by atoms with Gasteiger partial charge in [-0.2, -0.15) is 18.3 Å². The van der Waals surface area contributed by atoms with Crippen LogP contribution in [-0.4, -0.2) is 50.8 Å². The van der Waals surface area contributed by atoms with Gasteiger partial charge in [0, 0.05) is 19.4 Å². The lowest BCUT2D eigenvalue weighted by Crippen LogP contribution is -2.26. The molecule has 4 rings (SSSR count). The van der Waals surface area contributed by atoms with Crippen LogP contribution in [0.2, 0.25) is 0 Å². The molecule has 1 aliphatic heterocycles. The second-order valence-corrected chi connectivity index (χ2v) is 9.67. The van der Waals surface area contributed by atoms with Crippen LogP contribution in [0.4, 0.5) is 27.8 Å². The van der Waals surface area contributed by atoms with Crippen molar-refractivity contribution in [3.8, 4) is 11.4 Å². The molecule has 0 aromatic carbocycles. The molecule has 182 valence electrons. The zero-order valence-corrected chi connectivity index (χ0v) is 18.5. The maximum atomic E-state index is 13.1. The summed E-state index contributed by atoms with van der Waals surface area (Å²) in [6, 6.07) is 0.664. The van der Waals surface area contributed by atoms with Gasteiger partial charge in [-0.3, -0.25) is 19.4 Å². The van der Waals surface area contributed by atoms with Crippen molar-refractivity contribution in [1.29, 1.82) is 0 Å². The molecule has 0 N–H and O–H groups in total. The Morgan fingerprint density at radius 3 is 2.53 bits per heavy atom. The molecule has 0 bridgehead atoms. The molecule has 3 aromatic rings. The average Bonchev–Trinajstić information content (AvgIpc) is 3.42. The van der Waals surface area contributed by atoms with Crippen molar-refractivity contribution in [3.63, 3.8) is 0 Å². The lowest BCUT2D eigenvalue weighted by Gasteiger charge is -2.15. The van der Waals surface area contributed by atoms with Crippen LogP contribution in [0.3, 0.4) is 0 Å². The number of halogens is 5. The number of nitrogens with zero attached hydrogens (tertiary/aromatic N) is 6. The maximum Gasteiger partial charge on any atom is 0.417 e. The van der Waals surface area contributed by atoms with E-state index in [1.807, 2.05) is 0 Å². The second kappa shape index (κ2) is 8.14. The number of imidazole rings is 1. The largest absolute Gasteiger partial charge is 0.417 e. The number of rotatable bonds is 6. The quantitative estimate of drug-likeness (QED) is 0.479. The third kappa shape index (κ3) is 4.03. The number of aromatic nitrogens is 5. The molecule has 1 aliphatic rings. The van der Waals surface area contributed by atoms with Gasteiger partial charge >= 0.3 is 6.18 Å². The van der Waals surface area contributed by atoms with Gasteiger partial charge in [0.25, 0.3) is 12.3 Å². The smallest absolute Gasteiger partial charge is 0.316 e. The van der Waals surface area contributed by atoms with Crippen LogP contribution >= 0.6 is 0 Å². The SMILES string of the molecule is CCS(=O)(=O)c1c(N2Cc3ncc(C(F)(F)F)cc3C2=O)nc(-c2cnn(CC(F)F)c2)n1C. The molecular formula is C19H17F5N6O3S. The first kappa shape index (κ1) is 23.8. The van der Waals surface area contributed by atoms with E-state index in [0.717, 1.165) is 9.58 Å². The van der Waals surface area contributed by atoms with E-state index in [0.29, 0.717) is 12.3 Å². The molecule has 0 spiro atoms. The van der Waals surface area contributed by atoms with E-state index in [1.54, 1.807) is 0 Å². The summed E-state index contributed by atoms with van der Waals surface area (Å²) in [6.07, 6.45) is -4.33. The van der Waals surface area contributed by atoms with Crippen LogP contribution in [0.1, 0.15) is 28.5 Å². The predicted octanol–water partition coefficient (Wildman–Crippen LogP) is 2.92. The number of hydrogen-bond donors (Lipinski definition) is 0. The normalized spacial score (nSPS) is 14.4. The van der Waals surface area contributed by atoms with Gasteiger partial charge in [-0.15, -0.1) is 0 Å². The topological polar surface area (TPSA) is 103 Å². The zero-order valence-electron chi connectivity index (χ0n) is 17.7. The van der Waals surface area contributed by atoms with E-state index in [-0.39, 0.29) is 45.8 Å². The van der Waals surface area contributed by atoms with Crippen LogP contribution in [0, 0.1) is 0 Å². The van der Waals surface area contributed by atoms with E-state index >= 15 is 0 Å². The molecule has 0 aliphatic carbocycles. The highest BCUT2D eigenvalue weighted by molar-refractivity contribution is 7.91. The molecule has 1 amide bonds. The molecule has 3 aromatic heterocycles. The highest BCUT2D eigenvalue weighted by Gasteiger charge is 2.40. The van der Waals surface area contributed by atoms with E-state index in [4.69, 9.17) is 0 Å². The summed E-state index contributed by atoms with van der Waals surface area (Å²) in [5.74, 6) is -1.51. The Hall–Kier alpha value is -3.36. The number of carbonyl (C=O) groups is 1. The van der Waals surface area contributed by atoms with Gasteiger partial charge < -0.3 is 4.57 Å². The Bertz CT molecular complexity index is 1380. The number of fused-ring (bicyclic) bond motifs is 1. The molecule has 0 saturated heterocycles. The van der Waals surface area contributed by atoms with E-state index in [9.17, 15) is 35.2 Å². The van der Waals surface area contributed by atoms with Gasteiger partial charge in [-0.1, -0.05) is 6.92 Å². The van der Waals surface area contributed by atoms with E-state index < -0.39 is 40.5 Å². The predicted molar refractivity (Wildman–Crippen MR) is 108 cm³/mol. The summed E-state index contributed by atoms with van der Waals surface area (Å²) in [7, 11) is -2.61. The van der Waals surface area contributed by atoms with Crippen LogP contribution in [0.15, 0.2) is 29.7 Å². The number of alkyl halides is 5. The molecule has 0 radical (unpaired) electrons. The Morgan fingerprint density at radius 1 is 1.21 bits per heavy atom. The van der Waals surface area contributed by atoms with Crippen molar-refractivity contribution in [3.05, 3.63) is 41.5 Å². The number of sulfone groups is 1. The monoisotopic (exact) mass is 504 g/mol. The summed E-state index contributed by atoms with van der Waals surface area (Å²) < 4.78 is 92.5. The fourth-order valence-corrected chi connectivity index (χ4v) is 4.82. The molecule has 34 heavy (non-hydrogen) atoms. The lowest BCUT2D eigenvalue weighted by molar-refractivity contribution is -0.137. The second-order valence-electron chi connectivity index (χ2n) is 7.48. The summed E-state index contributed by atoms with van der Waals surface area (Å²) in [5, 5.41) is 3.47. The fraction of sp³-hybridized carbons (Fsp3) is 0.368.